The second-order valence-corrected chi connectivity index (χ2v) is 8.19. The molecule has 1 aromatic carbocycles. The van der Waals surface area contributed by atoms with Crippen molar-refractivity contribution in [2.75, 3.05) is 26.7 Å². The first-order valence-corrected chi connectivity index (χ1v) is 10.4. The molecular weight excluding hydrogens is 338 g/mol. The van der Waals surface area contributed by atoms with Crippen LogP contribution in [-0.2, 0) is 16.0 Å². The number of carbonyl (C=O) groups is 2. The third-order valence-corrected chi connectivity index (χ3v) is 6.00. The summed E-state index contributed by atoms with van der Waals surface area (Å²) >= 11 is 0. The molecule has 1 aliphatic carbocycles. The van der Waals surface area contributed by atoms with Crippen LogP contribution in [-0.4, -0.2) is 49.4 Å². The normalized spacial score (nSPS) is 26.3. The van der Waals surface area contributed by atoms with Gasteiger partial charge in [-0.25, -0.2) is 0 Å². The van der Waals surface area contributed by atoms with Gasteiger partial charge in [0.25, 0.3) is 0 Å². The average molecular weight is 372 g/mol. The highest BCUT2D eigenvalue weighted by Crippen LogP contribution is 2.25. The zero-order chi connectivity index (χ0) is 19.1. The molecule has 2 N–H and O–H groups in total. The minimum atomic E-state index is 0.0924. The van der Waals surface area contributed by atoms with Crippen molar-refractivity contribution in [2.24, 2.45) is 11.8 Å². The van der Waals surface area contributed by atoms with Gasteiger partial charge in [-0.2, -0.15) is 0 Å². The lowest BCUT2D eigenvalue weighted by molar-refractivity contribution is -0.127. The molecule has 5 heteroatoms. The summed E-state index contributed by atoms with van der Waals surface area (Å²) in [6, 6.07) is 10.5. The lowest BCUT2D eigenvalue weighted by atomic mass is 9.85. The van der Waals surface area contributed by atoms with Gasteiger partial charge in [-0.3, -0.25) is 9.59 Å². The molecule has 3 rings (SSSR count). The van der Waals surface area contributed by atoms with Crippen molar-refractivity contribution in [3.05, 3.63) is 35.9 Å². The highest BCUT2D eigenvalue weighted by Gasteiger charge is 2.29. The molecule has 1 unspecified atom stereocenters. The van der Waals surface area contributed by atoms with Crippen LogP contribution in [0.25, 0.3) is 0 Å². The van der Waals surface area contributed by atoms with E-state index in [2.05, 4.69) is 34.7 Å². The topological polar surface area (TPSA) is 61.4 Å². The summed E-state index contributed by atoms with van der Waals surface area (Å²) in [4.78, 5) is 27.1. The van der Waals surface area contributed by atoms with Crippen molar-refractivity contribution in [2.45, 2.75) is 51.0 Å². The summed E-state index contributed by atoms with van der Waals surface area (Å²) in [5, 5.41) is 6.32. The Morgan fingerprint density at radius 1 is 1.00 bits per heavy atom. The van der Waals surface area contributed by atoms with E-state index >= 15 is 0 Å². The molecule has 1 heterocycles. The molecule has 1 aliphatic heterocycles. The number of nitrogens with zero attached hydrogens (tertiary/aromatic N) is 1. The maximum Gasteiger partial charge on any atom is 0.224 e. The van der Waals surface area contributed by atoms with Gasteiger partial charge in [0.05, 0.1) is 5.92 Å². The summed E-state index contributed by atoms with van der Waals surface area (Å²) < 4.78 is 0. The van der Waals surface area contributed by atoms with Gasteiger partial charge in [0.1, 0.15) is 0 Å². The SMILES string of the molecule is CN1CCCC(C(=O)NC2CCC(C(=O)NCCc3ccccc3)CC2)C1. The molecule has 148 valence electrons. The molecule has 27 heavy (non-hydrogen) atoms. The molecule has 0 radical (unpaired) electrons. The van der Waals surface area contributed by atoms with Crippen LogP contribution in [0.1, 0.15) is 44.1 Å². The van der Waals surface area contributed by atoms with E-state index < -0.39 is 0 Å². The Hall–Kier alpha value is -1.88. The van der Waals surface area contributed by atoms with Crippen LogP contribution in [0.3, 0.4) is 0 Å². The van der Waals surface area contributed by atoms with Gasteiger partial charge in [-0.05, 0) is 64.1 Å². The fourth-order valence-electron chi connectivity index (χ4n) is 4.32. The maximum atomic E-state index is 12.5. The smallest absolute Gasteiger partial charge is 0.224 e. The molecule has 2 amide bonds. The molecular formula is C22H33N3O2. The van der Waals surface area contributed by atoms with Crippen molar-refractivity contribution in [1.82, 2.24) is 15.5 Å². The fraction of sp³-hybridized carbons (Fsp3) is 0.636. The monoisotopic (exact) mass is 371 g/mol. The Balaban J connectivity index is 1.34. The van der Waals surface area contributed by atoms with E-state index in [1.807, 2.05) is 18.2 Å². The van der Waals surface area contributed by atoms with Crippen LogP contribution in [0, 0.1) is 11.8 Å². The van der Waals surface area contributed by atoms with E-state index in [1.165, 1.54) is 5.56 Å². The van der Waals surface area contributed by atoms with Gasteiger partial charge >= 0.3 is 0 Å². The molecule has 2 aliphatic rings. The highest BCUT2D eigenvalue weighted by atomic mass is 16.2. The van der Waals surface area contributed by atoms with Crippen LogP contribution in [0.4, 0.5) is 0 Å². The third kappa shape index (κ3) is 6.06. The van der Waals surface area contributed by atoms with Crippen molar-refractivity contribution in [3.8, 4) is 0 Å². The zero-order valence-electron chi connectivity index (χ0n) is 16.5. The minimum absolute atomic E-state index is 0.0924. The highest BCUT2D eigenvalue weighted by molar-refractivity contribution is 5.80. The summed E-state index contributed by atoms with van der Waals surface area (Å²) in [6.45, 7) is 2.65. The van der Waals surface area contributed by atoms with Crippen LogP contribution in [0.5, 0.6) is 0 Å². The number of benzene rings is 1. The van der Waals surface area contributed by atoms with Crippen molar-refractivity contribution in [3.63, 3.8) is 0 Å². The zero-order valence-corrected chi connectivity index (χ0v) is 16.5. The number of amides is 2. The quantitative estimate of drug-likeness (QED) is 0.807. The standard InChI is InChI=1S/C22H33N3O2/c1-25-15-5-8-19(16-25)22(27)24-20-11-9-18(10-12-20)21(26)23-14-13-17-6-3-2-4-7-17/h2-4,6-7,18-20H,5,8-16H2,1H3,(H,23,26)(H,24,27). The van der Waals surface area contributed by atoms with Crippen molar-refractivity contribution < 1.29 is 9.59 Å². The minimum Gasteiger partial charge on any atom is -0.356 e. The summed E-state index contributed by atoms with van der Waals surface area (Å²) in [5.74, 6) is 0.597. The van der Waals surface area contributed by atoms with E-state index in [4.69, 9.17) is 0 Å². The second-order valence-electron chi connectivity index (χ2n) is 8.19. The number of rotatable bonds is 6. The number of carbonyl (C=O) groups excluding carboxylic acids is 2. The van der Waals surface area contributed by atoms with Gasteiger partial charge in [-0.1, -0.05) is 30.3 Å². The Kier molecular flexibility index (Phi) is 7.27. The van der Waals surface area contributed by atoms with Crippen LogP contribution in [0.15, 0.2) is 30.3 Å². The number of nitrogens with one attached hydrogen (secondary N) is 2. The Morgan fingerprint density at radius 2 is 1.74 bits per heavy atom. The van der Waals surface area contributed by atoms with Gasteiger partial charge in [-0.15, -0.1) is 0 Å². The number of likely N-dealkylation sites (tertiary alicyclic amines) is 1. The van der Waals surface area contributed by atoms with Gasteiger partial charge in [0.15, 0.2) is 0 Å². The molecule has 1 saturated carbocycles. The second kappa shape index (κ2) is 9.88. The summed E-state index contributed by atoms with van der Waals surface area (Å²) in [5.41, 5.74) is 1.25. The third-order valence-electron chi connectivity index (χ3n) is 6.00. The van der Waals surface area contributed by atoms with Gasteiger partial charge < -0.3 is 15.5 Å². The molecule has 1 atom stereocenters. The van der Waals surface area contributed by atoms with Crippen LogP contribution in [0.2, 0.25) is 0 Å². The first-order valence-electron chi connectivity index (χ1n) is 10.4. The van der Waals surface area contributed by atoms with Crippen LogP contribution < -0.4 is 10.6 Å². The fourth-order valence-corrected chi connectivity index (χ4v) is 4.32. The first kappa shape index (κ1) is 19.9. The molecule has 5 nitrogen and oxygen atoms in total. The maximum absolute atomic E-state index is 12.5. The van der Waals surface area contributed by atoms with Crippen LogP contribution >= 0.6 is 0 Å². The Labute approximate surface area is 162 Å². The lowest BCUT2D eigenvalue weighted by Gasteiger charge is -2.32. The molecule has 0 spiro atoms. The molecule has 2 fully saturated rings. The molecule has 1 aromatic rings. The van der Waals surface area contributed by atoms with E-state index in [-0.39, 0.29) is 29.7 Å². The van der Waals surface area contributed by atoms with E-state index in [9.17, 15) is 9.59 Å². The lowest BCUT2D eigenvalue weighted by Crippen LogP contribution is -2.46. The first-order chi connectivity index (χ1) is 13.1. The predicted octanol–water partition coefficient (Wildman–Crippen LogP) is 2.36. The molecule has 0 bridgehead atoms. The van der Waals surface area contributed by atoms with E-state index in [1.54, 1.807) is 0 Å². The Bertz CT molecular complexity index is 611. The number of hydrogen-bond acceptors (Lipinski definition) is 3. The molecule has 0 aromatic heterocycles. The summed E-state index contributed by atoms with van der Waals surface area (Å²) in [7, 11) is 2.08. The molecule has 1 saturated heterocycles. The predicted molar refractivity (Wildman–Crippen MR) is 107 cm³/mol. The number of piperidine rings is 1. The summed E-state index contributed by atoms with van der Waals surface area (Å²) in [6.07, 6.45) is 6.52. The largest absolute Gasteiger partial charge is 0.356 e. The van der Waals surface area contributed by atoms with E-state index in [0.29, 0.717) is 6.54 Å². The van der Waals surface area contributed by atoms with E-state index in [0.717, 1.165) is 58.0 Å². The van der Waals surface area contributed by atoms with Crippen molar-refractivity contribution in [1.29, 1.82) is 0 Å². The van der Waals surface area contributed by atoms with Gasteiger partial charge in [0.2, 0.25) is 11.8 Å². The van der Waals surface area contributed by atoms with Crippen molar-refractivity contribution >= 4 is 11.8 Å². The average Bonchev–Trinajstić information content (AvgIpc) is 2.69. The Morgan fingerprint density at radius 3 is 2.44 bits per heavy atom. The number of hydrogen-bond donors (Lipinski definition) is 2. The van der Waals surface area contributed by atoms with Gasteiger partial charge in [0, 0.05) is 25.0 Å².